The summed E-state index contributed by atoms with van der Waals surface area (Å²) in [5, 5.41) is 0. The summed E-state index contributed by atoms with van der Waals surface area (Å²) in [6.45, 7) is 0. The molecule has 17 heavy (non-hydrogen) atoms. The average Bonchev–Trinajstić information content (AvgIpc) is 2.29. The summed E-state index contributed by atoms with van der Waals surface area (Å²) in [7, 11) is 0. The lowest BCUT2D eigenvalue weighted by Crippen LogP contribution is -2.12. The maximum absolute atomic E-state index is 12.6. The molecule has 0 amide bonds. The van der Waals surface area contributed by atoms with E-state index in [9.17, 15) is 13.2 Å². The van der Waals surface area contributed by atoms with Crippen molar-refractivity contribution < 1.29 is 13.2 Å². The molecule has 0 saturated carbocycles. The van der Waals surface area contributed by atoms with Crippen LogP contribution in [0.4, 0.5) is 18.9 Å². The minimum Gasteiger partial charge on any atom is -0.397 e. The van der Waals surface area contributed by atoms with Crippen LogP contribution < -0.4 is 5.73 Å². The van der Waals surface area contributed by atoms with E-state index in [2.05, 4.69) is 15.0 Å². The van der Waals surface area contributed by atoms with E-state index >= 15 is 0 Å². The summed E-state index contributed by atoms with van der Waals surface area (Å²) >= 11 is 0. The molecule has 0 bridgehead atoms. The van der Waals surface area contributed by atoms with Gasteiger partial charge in [0.25, 0.3) is 0 Å². The van der Waals surface area contributed by atoms with Crippen molar-refractivity contribution in [3.8, 4) is 11.3 Å². The van der Waals surface area contributed by atoms with Crippen LogP contribution in [0.15, 0.2) is 30.9 Å². The Bertz CT molecular complexity index is 525. The topological polar surface area (TPSA) is 64.7 Å². The first kappa shape index (κ1) is 11.3. The second-order valence-electron chi connectivity index (χ2n) is 3.26. The summed E-state index contributed by atoms with van der Waals surface area (Å²) < 4.78 is 37.7. The molecule has 0 spiro atoms. The third-order valence-corrected chi connectivity index (χ3v) is 2.05. The van der Waals surface area contributed by atoms with Crippen LogP contribution in [0, 0.1) is 0 Å². The molecule has 0 saturated heterocycles. The predicted octanol–water partition coefficient (Wildman–Crippen LogP) is 2.14. The number of hydrogen-bond donors (Lipinski definition) is 1. The van der Waals surface area contributed by atoms with E-state index in [0.29, 0.717) is 5.56 Å². The number of nitrogens with zero attached hydrogens (tertiary/aromatic N) is 3. The van der Waals surface area contributed by atoms with Crippen molar-refractivity contribution in [3.63, 3.8) is 0 Å². The molecule has 0 aliphatic rings. The van der Waals surface area contributed by atoms with Gasteiger partial charge in [0.2, 0.25) is 0 Å². The number of rotatable bonds is 1. The second-order valence-corrected chi connectivity index (χ2v) is 3.26. The standard InChI is InChI=1S/C10H7F3N4/c11-10(12,13)9-7(14)1-2-8(17-9)6-3-15-5-16-4-6/h1-5H,14H2. The van der Waals surface area contributed by atoms with Gasteiger partial charge in [-0.1, -0.05) is 0 Å². The van der Waals surface area contributed by atoms with Gasteiger partial charge in [0.05, 0.1) is 11.4 Å². The van der Waals surface area contributed by atoms with E-state index in [0.717, 1.165) is 6.07 Å². The van der Waals surface area contributed by atoms with Gasteiger partial charge in [-0.25, -0.2) is 15.0 Å². The molecule has 2 N–H and O–H groups in total. The molecule has 0 unspecified atom stereocenters. The van der Waals surface area contributed by atoms with Crippen molar-refractivity contribution in [1.82, 2.24) is 15.0 Å². The predicted molar refractivity (Wildman–Crippen MR) is 54.7 cm³/mol. The Balaban J connectivity index is 2.53. The van der Waals surface area contributed by atoms with E-state index in [4.69, 9.17) is 5.73 Å². The molecule has 0 atom stereocenters. The minimum atomic E-state index is -4.57. The van der Waals surface area contributed by atoms with Gasteiger partial charge in [-0.2, -0.15) is 13.2 Å². The van der Waals surface area contributed by atoms with Crippen LogP contribution in [0.3, 0.4) is 0 Å². The van der Waals surface area contributed by atoms with Crippen molar-refractivity contribution >= 4 is 5.69 Å². The molecule has 0 fully saturated rings. The van der Waals surface area contributed by atoms with Crippen LogP contribution in [0.5, 0.6) is 0 Å². The Morgan fingerprint density at radius 2 is 1.71 bits per heavy atom. The van der Waals surface area contributed by atoms with Gasteiger partial charge in [-0.15, -0.1) is 0 Å². The largest absolute Gasteiger partial charge is 0.435 e. The molecule has 0 aliphatic carbocycles. The van der Waals surface area contributed by atoms with Gasteiger partial charge < -0.3 is 5.73 Å². The Morgan fingerprint density at radius 1 is 1.06 bits per heavy atom. The molecule has 0 aliphatic heterocycles. The first-order chi connectivity index (χ1) is 7.98. The van der Waals surface area contributed by atoms with E-state index in [1.54, 1.807) is 0 Å². The molecule has 7 heteroatoms. The highest BCUT2D eigenvalue weighted by molar-refractivity contribution is 5.60. The van der Waals surface area contributed by atoms with E-state index in [1.165, 1.54) is 24.8 Å². The monoisotopic (exact) mass is 240 g/mol. The lowest BCUT2D eigenvalue weighted by Gasteiger charge is -2.10. The highest BCUT2D eigenvalue weighted by Gasteiger charge is 2.35. The molecular weight excluding hydrogens is 233 g/mol. The molecule has 2 aromatic rings. The quantitative estimate of drug-likeness (QED) is 0.829. The van der Waals surface area contributed by atoms with Crippen molar-refractivity contribution in [2.75, 3.05) is 5.73 Å². The van der Waals surface area contributed by atoms with E-state index in [1.807, 2.05) is 0 Å². The Morgan fingerprint density at radius 3 is 2.29 bits per heavy atom. The molecule has 88 valence electrons. The summed E-state index contributed by atoms with van der Waals surface area (Å²) in [5.41, 5.74) is 4.27. The fraction of sp³-hybridized carbons (Fsp3) is 0.100. The lowest BCUT2D eigenvalue weighted by molar-refractivity contribution is -0.140. The zero-order valence-electron chi connectivity index (χ0n) is 8.44. The molecule has 0 aromatic carbocycles. The van der Waals surface area contributed by atoms with Gasteiger partial charge in [-0.3, -0.25) is 0 Å². The maximum Gasteiger partial charge on any atom is 0.435 e. The van der Waals surface area contributed by atoms with Gasteiger partial charge in [-0.05, 0) is 12.1 Å². The number of halogens is 3. The minimum absolute atomic E-state index is 0.132. The van der Waals surface area contributed by atoms with Gasteiger partial charge in [0.15, 0.2) is 5.69 Å². The van der Waals surface area contributed by atoms with Crippen molar-refractivity contribution in [3.05, 3.63) is 36.5 Å². The summed E-state index contributed by atoms with van der Waals surface area (Å²) in [4.78, 5) is 10.9. The first-order valence-electron chi connectivity index (χ1n) is 4.57. The Hall–Kier alpha value is -2.18. The van der Waals surface area contributed by atoms with Gasteiger partial charge in [0.1, 0.15) is 6.33 Å². The number of nitrogens with two attached hydrogens (primary N) is 1. The van der Waals surface area contributed by atoms with Crippen molar-refractivity contribution in [2.45, 2.75) is 6.18 Å². The van der Waals surface area contributed by atoms with Crippen LogP contribution in [0.2, 0.25) is 0 Å². The van der Waals surface area contributed by atoms with Crippen molar-refractivity contribution in [2.24, 2.45) is 0 Å². The summed E-state index contributed by atoms with van der Waals surface area (Å²) in [6, 6.07) is 2.56. The lowest BCUT2D eigenvalue weighted by atomic mass is 10.2. The summed E-state index contributed by atoms with van der Waals surface area (Å²) in [6.07, 6.45) is -0.529. The van der Waals surface area contributed by atoms with Crippen LogP contribution in [-0.2, 0) is 6.18 Å². The van der Waals surface area contributed by atoms with Crippen molar-refractivity contribution in [1.29, 1.82) is 0 Å². The number of nitrogen functional groups attached to an aromatic ring is 1. The number of hydrogen-bond acceptors (Lipinski definition) is 4. The number of anilines is 1. The highest BCUT2D eigenvalue weighted by atomic mass is 19.4. The average molecular weight is 240 g/mol. The molecule has 0 radical (unpaired) electrons. The first-order valence-corrected chi connectivity index (χ1v) is 4.57. The third-order valence-electron chi connectivity index (χ3n) is 2.05. The van der Waals surface area contributed by atoms with Crippen LogP contribution in [0.25, 0.3) is 11.3 Å². The normalized spacial score (nSPS) is 11.5. The number of pyridine rings is 1. The van der Waals surface area contributed by atoms with E-state index < -0.39 is 17.6 Å². The molecular formula is C10H7F3N4. The molecule has 2 aromatic heterocycles. The fourth-order valence-electron chi connectivity index (χ4n) is 1.29. The van der Waals surface area contributed by atoms with Gasteiger partial charge >= 0.3 is 6.18 Å². The number of aromatic nitrogens is 3. The fourth-order valence-corrected chi connectivity index (χ4v) is 1.29. The van der Waals surface area contributed by atoms with Crippen LogP contribution >= 0.6 is 0 Å². The SMILES string of the molecule is Nc1ccc(-c2cncnc2)nc1C(F)(F)F. The molecule has 2 rings (SSSR count). The van der Waals surface area contributed by atoms with Gasteiger partial charge in [0, 0.05) is 18.0 Å². The molecule has 2 heterocycles. The smallest absolute Gasteiger partial charge is 0.397 e. The number of alkyl halides is 3. The van der Waals surface area contributed by atoms with Crippen LogP contribution in [-0.4, -0.2) is 15.0 Å². The zero-order chi connectivity index (χ0) is 12.5. The molecule has 4 nitrogen and oxygen atoms in total. The zero-order valence-corrected chi connectivity index (χ0v) is 8.44. The third kappa shape index (κ3) is 2.32. The summed E-state index contributed by atoms with van der Waals surface area (Å²) in [5.74, 6) is 0. The second kappa shape index (κ2) is 4.00. The highest BCUT2D eigenvalue weighted by Crippen LogP contribution is 2.33. The Kier molecular flexibility index (Phi) is 2.66. The van der Waals surface area contributed by atoms with E-state index in [-0.39, 0.29) is 5.69 Å². The Labute approximate surface area is 94.3 Å². The van der Waals surface area contributed by atoms with Crippen LogP contribution in [0.1, 0.15) is 5.69 Å². The maximum atomic E-state index is 12.6.